The van der Waals surface area contributed by atoms with Gasteiger partial charge in [0.15, 0.2) is 0 Å². The van der Waals surface area contributed by atoms with Gasteiger partial charge in [0.1, 0.15) is 11.6 Å². The Balaban J connectivity index is 2.96. The van der Waals surface area contributed by atoms with E-state index in [0.717, 1.165) is 5.82 Å². The molecule has 3 nitrogen and oxygen atoms in total. The van der Waals surface area contributed by atoms with E-state index in [-0.39, 0.29) is 5.54 Å². The first-order valence-electron chi connectivity index (χ1n) is 4.37. The Morgan fingerprint density at radius 2 is 1.92 bits per heavy atom. The highest BCUT2D eigenvalue weighted by molar-refractivity contribution is 5.45. The summed E-state index contributed by atoms with van der Waals surface area (Å²) in [5, 5.41) is 0. The topological polar surface area (TPSA) is 42.1 Å². The fourth-order valence-corrected chi connectivity index (χ4v) is 0.970. The molecular formula is C10H17N3. The molecule has 0 radical (unpaired) electrons. The van der Waals surface area contributed by atoms with E-state index in [2.05, 4.69) is 30.7 Å². The lowest BCUT2D eigenvalue weighted by molar-refractivity contribution is 0.534. The average molecular weight is 179 g/mol. The van der Waals surface area contributed by atoms with Crippen molar-refractivity contribution in [3.8, 4) is 0 Å². The molecule has 0 aromatic carbocycles. The zero-order valence-corrected chi connectivity index (χ0v) is 8.70. The summed E-state index contributed by atoms with van der Waals surface area (Å²) in [6, 6.07) is 5.67. The highest BCUT2D eigenvalue weighted by Crippen LogP contribution is 2.19. The summed E-state index contributed by atoms with van der Waals surface area (Å²) >= 11 is 0. The van der Waals surface area contributed by atoms with Crippen molar-refractivity contribution >= 4 is 11.6 Å². The Hall–Kier alpha value is -1.25. The van der Waals surface area contributed by atoms with Crippen LogP contribution in [0.15, 0.2) is 18.2 Å². The van der Waals surface area contributed by atoms with Crippen molar-refractivity contribution in [1.29, 1.82) is 0 Å². The minimum atomic E-state index is 0.0702. The van der Waals surface area contributed by atoms with E-state index in [1.807, 2.05) is 19.2 Å². The molecule has 0 aliphatic heterocycles. The van der Waals surface area contributed by atoms with Gasteiger partial charge in [0.25, 0.3) is 0 Å². The highest BCUT2D eigenvalue weighted by Gasteiger charge is 2.18. The number of rotatable bonds is 1. The van der Waals surface area contributed by atoms with Gasteiger partial charge in [-0.25, -0.2) is 4.98 Å². The van der Waals surface area contributed by atoms with Crippen molar-refractivity contribution in [3.63, 3.8) is 0 Å². The van der Waals surface area contributed by atoms with Crippen LogP contribution in [-0.4, -0.2) is 17.6 Å². The number of hydrogen-bond acceptors (Lipinski definition) is 3. The molecule has 2 N–H and O–H groups in total. The fraction of sp³-hybridized carbons (Fsp3) is 0.500. The number of nitrogens with zero attached hydrogens (tertiary/aromatic N) is 2. The van der Waals surface area contributed by atoms with Crippen LogP contribution in [-0.2, 0) is 0 Å². The van der Waals surface area contributed by atoms with Crippen LogP contribution in [0.2, 0.25) is 0 Å². The highest BCUT2D eigenvalue weighted by atomic mass is 15.2. The van der Waals surface area contributed by atoms with Crippen LogP contribution in [0.4, 0.5) is 11.6 Å². The van der Waals surface area contributed by atoms with Crippen molar-refractivity contribution in [3.05, 3.63) is 18.2 Å². The van der Waals surface area contributed by atoms with Gasteiger partial charge in [0.05, 0.1) is 0 Å². The second-order valence-electron chi connectivity index (χ2n) is 4.15. The summed E-state index contributed by atoms with van der Waals surface area (Å²) in [6.45, 7) is 6.41. The Kier molecular flexibility index (Phi) is 2.45. The molecule has 0 saturated heterocycles. The molecule has 0 aliphatic rings. The van der Waals surface area contributed by atoms with Crippen LogP contribution < -0.4 is 10.6 Å². The van der Waals surface area contributed by atoms with E-state index < -0.39 is 0 Å². The zero-order valence-electron chi connectivity index (χ0n) is 8.70. The monoisotopic (exact) mass is 179 g/mol. The second kappa shape index (κ2) is 3.24. The summed E-state index contributed by atoms with van der Waals surface area (Å²) in [5.74, 6) is 1.47. The number of hydrogen-bond donors (Lipinski definition) is 1. The van der Waals surface area contributed by atoms with E-state index in [1.54, 1.807) is 6.07 Å². The van der Waals surface area contributed by atoms with Crippen molar-refractivity contribution in [2.45, 2.75) is 26.3 Å². The number of nitrogens with two attached hydrogens (primary N) is 1. The Morgan fingerprint density at radius 1 is 1.31 bits per heavy atom. The number of nitrogen functional groups attached to an aromatic ring is 1. The first kappa shape index (κ1) is 9.84. The van der Waals surface area contributed by atoms with Crippen LogP contribution in [0.3, 0.4) is 0 Å². The zero-order chi connectivity index (χ0) is 10.1. The van der Waals surface area contributed by atoms with E-state index in [1.165, 1.54) is 0 Å². The number of anilines is 2. The van der Waals surface area contributed by atoms with Gasteiger partial charge in [0.2, 0.25) is 0 Å². The van der Waals surface area contributed by atoms with Gasteiger partial charge in [-0.15, -0.1) is 0 Å². The molecule has 3 heteroatoms. The van der Waals surface area contributed by atoms with E-state index >= 15 is 0 Å². The van der Waals surface area contributed by atoms with E-state index in [0.29, 0.717) is 5.82 Å². The van der Waals surface area contributed by atoms with Crippen molar-refractivity contribution < 1.29 is 0 Å². The van der Waals surface area contributed by atoms with Gasteiger partial charge in [-0.1, -0.05) is 6.07 Å². The minimum absolute atomic E-state index is 0.0702. The molecule has 1 aromatic rings. The maximum atomic E-state index is 5.60. The van der Waals surface area contributed by atoms with Gasteiger partial charge < -0.3 is 10.6 Å². The van der Waals surface area contributed by atoms with Gasteiger partial charge in [-0.3, -0.25) is 0 Å². The summed E-state index contributed by atoms with van der Waals surface area (Å²) in [6.07, 6.45) is 0. The molecule has 0 atom stereocenters. The Bertz CT molecular complexity index is 288. The summed E-state index contributed by atoms with van der Waals surface area (Å²) in [4.78, 5) is 6.34. The Labute approximate surface area is 79.6 Å². The minimum Gasteiger partial charge on any atom is -0.384 e. The first-order chi connectivity index (χ1) is 5.91. The predicted molar refractivity (Wildman–Crippen MR) is 56.8 cm³/mol. The second-order valence-corrected chi connectivity index (χ2v) is 4.15. The maximum Gasteiger partial charge on any atom is 0.131 e. The molecular weight excluding hydrogens is 162 g/mol. The van der Waals surface area contributed by atoms with Crippen LogP contribution in [0, 0.1) is 0 Å². The van der Waals surface area contributed by atoms with Crippen LogP contribution >= 0.6 is 0 Å². The van der Waals surface area contributed by atoms with Gasteiger partial charge >= 0.3 is 0 Å². The Morgan fingerprint density at radius 3 is 2.38 bits per heavy atom. The largest absolute Gasteiger partial charge is 0.384 e. The lowest BCUT2D eigenvalue weighted by Crippen LogP contribution is -2.38. The molecule has 1 heterocycles. The number of aromatic nitrogens is 1. The SMILES string of the molecule is CN(c1cccc(N)n1)C(C)(C)C. The van der Waals surface area contributed by atoms with E-state index in [9.17, 15) is 0 Å². The van der Waals surface area contributed by atoms with Gasteiger partial charge in [-0.05, 0) is 32.9 Å². The summed E-state index contributed by atoms with van der Waals surface area (Å²) in [7, 11) is 2.02. The van der Waals surface area contributed by atoms with Crippen LogP contribution in [0.1, 0.15) is 20.8 Å². The molecule has 0 spiro atoms. The molecule has 13 heavy (non-hydrogen) atoms. The van der Waals surface area contributed by atoms with Crippen molar-refractivity contribution in [2.24, 2.45) is 0 Å². The smallest absolute Gasteiger partial charge is 0.131 e. The molecule has 0 amide bonds. The quantitative estimate of drug-likeness (QED) is 0.716. The lowest BCUT2D eigenvalue weighted by Gasteiger charge is -2.33. The third-order valence-electron chi connectivity index (χ3n) is 2.11. The molecule has 0 fully saturated rings. The summed E-state index contributed by atoms with van der Waals surface area (Å²) < 4.78 is 0. The lowest BCUT2D eigenvalue weighted by atomic mass is 10.1. The summed E-state index contributed by atoms with van der Waals surface area (Å²) in [5.41, 5.74) is 5.67. The average Bonchev–Trinajstić information content (AvgIpc) is 2.01. The van der Waals surface area contributed by atoms with Gasteiger partial charge in [0, 0.05) is 12.6 Å². The van der Waals surface area contributed by atoms with Crippen LogP contribution in [0.25, 0.3) is 0 Å². The predicted octanol–water partition coefficient (Wildman–Crippen LogP) is 1.90. The fourth-order valence-electron chi connectivity index (χ4n) is 0.970. The van der Waals surface area contributed by atoms with Crippen molar-refractivity contribution in [1.82, 2.24) is 4.98 Å². The molecule has 1 rings (SSSR count). The maximum absolute atomic E-state index is 5.60. The molecule has 72 valence electrons. The molecule has 0 unspecified atom stereocenters. The molecule has 1 aromatic heterocycles. The molecule has 0 saturated carbocycles. The van der Waals surface area contributed by atoms with E-state index in [4.69, 9.17) is 5.73 Å². The van der Waals surface area contributed by atoms with Gasteiger partial charge in [-0.2, -0.15) is 0 Å². The van der Waals surface area contributed by atoms with Crippen molar-refractivity contribution in [2.75, 3.05) is 17.7 Å². The third-order valence-corrected chi connectivity index (χ3v) is 2.11. The normalized spacial score (nSPS) is 11.4. The molecule has 0 aliphatic carbocycles. The standard InChI is InChI=1S/C10H17N3/c1-10(2,3)13(4)9-7-5-6-8(11)12-9/h5-7H,1-4H3,(H2,11,12). The molecule has 0 bridgehead atoms. The first-order valence-corrected chi connectivity index (χ1v) is 4.37. The number of pyridine rings is 1. The third kappa shape index (κ3) is 2.34. The van der Waals surface area contributed by atoms with Crippen LogP contribution in [0.5, 0.6) is 0 Å².